The van der Waals surface area contributed by atoms with Gasteiger partial charge in [0.15, 0.2) is 0 Å². The number of H-pyrrole nitrogens is 1. The fourth-order valence-electron chi connectivity index (χ4n) is 3.25. The molecule has 0 radical (unpaired) electrons. The van der Waals surface area contributed by atoms with Gasteiger partial charge in [-0.15, -0.1) is 5.10 Å². The predicted molar refractivity (Wildman–Crippen MR) is 93.5 cm³/mol. The van der Waals surface area contributed by atoms with Crippen molar-refractivity contribution in [3.05, 3.63) is 41.5 Å². The molecule has 0 saturated carbocycles. The highest BCUT2D eigenvalue weighted by molar-refractivity contribution is 6.05. The summed E-state index contributed by atoms with van der Waals surface area (Å²) in [5.41, 5.74) is 3.79. The van der Waals surface area contributed by atoms with E-state index in [9.17, 15) is 9.50 Å². The number of halogens is 1. The molecule has 4 rings (SSSR count). The van der Waals surface area contributed by atoms with Crippen molar-refractivity contribution in [1.29, 1.82) is 0 Å². The van der Waals surface area contributed by atoms with Crippen molar-refractivity contribution in [2.45, 2.75) is 26.4 Å². The first kappa shape index (κ1) is 15.7. The summed E-state index contributed by atoms with van der Waals surface area (Å²) in [5.74, 6) is -0.446. The maximum absolute atomic E-state index is 14.4. The number of hydrogen-bond donors (Lipinski definition) is 2. The zero-order valence-electron chi connectivity index (χ0n) is 14.4. The third-order valence-electron chi connectivity index (χ3n) is 4.45. The minimum Gasteiger partial charge on any atom is -0.386 e. The maximum atomic E-state index is 14.4. The van der Waals surface area contributed by atoms with E-state index in [1.165, 1.54) is 6.07 Å². The minimum absolute atomic E-state index is 0.249. The number of nitrogens with one attached hydrogen (secondary N) is 1. The molecule has 0 atom stereocenters. The van der Waals surface area contributed by atoms with Crippen molar-refractivity contribution in [2.24, 2.45) is 7.05 Å². The van der Waals surface area contributed by atoms with Crippen LogP contribution < -0.4 is 0 Å². The van der Waals surface area contributed by atoms with Gasteiger partial charge in [0.05, 0.1) is 28.0 Å². The zero-order valence-corrected chi connectivity index (χ0v) is 14.4. The highest BCUT2D eigenvalue weighted by Crippen LogP contribution is 2.32. The Kier molecular flexibility index (Phi) is 3.20. The minimum atomic E-state index is -1.26. The number of pyridine rings is 1. The molecule has 0 fully saturated rings. The fourth-order valence-corrected chi connectivity index (χ4v) is 3.25. The van der Waals surface area contributed by atoms with Crippen LogP contribution in [-0.4, -0.2) is 30.1 Å². The molecule has 4 aromatic rings. The Morgan fingerprint density at radius 1 is 1.20 bits per heavy atom. The van der Waals surface area contributed by atoms with Crippen LogP contribution in [0.2, 0.25) is 0 Å². The van der Waals surface area contributed by atoms with Crippen molar-refractivity contribution >= 4 is 21.9 Å². The number of benzene rings is 1. The number of fused-ring (bicyclic) bond motifs is 3. The molecule has 0 bridgehead atoms. The molecule has 0 aliphatic rings. The molecule has 2 N–H and O–H groups in total. The Morgan fingerprint density at radius 2 is 1.96 bits per heavy atom. The van der Waals surface area contributed by atoms with E-state index in [-0.39, 0.29) is 5.56 Å². The third kappa shape index (κ3) is 2.39. The van der Waals surface area contributed by atoms with Gasteiger partial charge in [0.1, 0.15) is 5.82 Å². The number of aromatic amines is 1. The molecule has 128 valence electrons. The summed E-state index contributed by atoms with van der Waals surface area (Å²) < 4.78 is 16.1. The first-order valence-corrected chi connectivity index (χ1v) is 7.96. The Morgan fingerprint density at radius 3 is 2.60 bits per heavy atom. The second-order valence-electron chi connectivity index (χ2n) is 6.83. The number of aliphatic hydroxyl groups is 1. The van der Waals surface area contributed by atoms with Gasteiger partial charge in [-0.05, 0) is 39.0 Å². The third-order valence-corrected chi connectivity index (χ3v) is 4.45. The molecular weight excluding hydrogens is 323 g/mol. The molecule has 0 aliphatic heterocycles. The molecule has 0 saturated heterocycles. The standard InChI is InChI=1S/C18H18FN5O/c1-9-17(24(4)23-22-9)10-5-15-16(20-8-10)11-6-13(19)12(18(2,3)25)7-14(11)21-15/h5-8,21,25H,1-4H3/i9+1,17+1. The Bertz CT molecular complexity index is 1100. The van der Waals surface area contributed by atoms with Crippen LogP contribution in [0, 0.1) is 12.7 Å². The van der Waals surface area contributed by atoms with E-state index in [2.05, 4.69) is 20.3 Å². The van der Waals surface area contributed by atoms with E-state index in [4.69, 9.17) is 0 Å². The van der Waals surface area contributed by atoms with Gasteiger partial charge < -0.3 is 10.1 Å². The molecular formula is C18H18FN5O. The second-order valence-corrected chi connectivity index (χ2v) is 6.83. The van der Waals surface area contributed by atoms with Crippen molar-refractivity contribution < 1.29 is 9.50 Å². The Hall–Kier alpha value is -2.80. The van der Waals surface area contributed by atoms with Crippen molar-refractivity contribution in [2.75, 3.05) is 0 Å². The highest BCUT2D eigenvalue weighted by Gasteiger charge is 2.22. The maximum Gasteiger partial charge on any atom is 0.130 e. The molecule has 0 spiro atoms. The summed E-state index contributed by atoms with van der Waals surface area (Å²) in [7, 11) is 1.83. The van der Waals surface area contributed by atoms with E-state index in [1.807, 2.05) is 20.0 Å². The van der Waals surface area contributed by atoms with E-state index >= 15 is 0 Å². The lowest BCUT2D eigenvalue weighted by Gasteiger charge is -2.18. The van der Waals surface area contributed by atoms with Crippen molar-refractivity contribution in [3.63, 3.8) is 0 Å². The molecule has 0 unspecified atom stereocenters. The van der Waals surface area contributed by atoms with Crippen LogP contribution in [0.5, 0.6) is 0 Å². The summed E-state index contributed by atoms with van der Waals surface area (Å²) >= 11 is 0. The summed E-state index contributed by atoms with van der Waals surface area (Å²) in [6.07, 6.45) is 1.74. The van der Waals surface area contributed by atoms with Crippen LogP contribution in [-0.2, 0) is 12.6 Å². The molecule has 7 heteroatoms. The van der Waals surface area contributed by atoms with E-state index in [0.717, 1.165) is 28.0 Å². The molecule has 0 aliphatic carbocycles. The van der Waals surface area contributed by atoms with Gasteiger partial charge >= 0.3 is 0 Å². The van der Waals surface area contributed by atoms with Crippen LogP contribution in [0.3, 0.4) is 0 Å². The molecule has 25 heavy (non-hydrogen) atoms. The van der Waals surface area contributed by atoms with Gasteiger partial charge in [0.25, 0.3) is 0 Å². The zero-order chi connectivity index (χ0) is 17.9. The van der Waals surface area contributed by atoms with Crippen LogP contribution in [0.4, 0.5) is 4.39 Å². The highest BCUT2D eigenvalue weighted by atomic mass is 19.1. The average molecular weight is 341 g/mol. The first-order valence-electron chi connectivity index (χ1n) is 7.96. The summed E-state index contributed by atoms with van der Waals surface area (Å²) in [6, 6.07) is 5.02. The van der Waals surface area contributed by atoms with Gasteiger partial charge in [0, 0.05) is 35.3 Å². The van der Waals surface area contributed by atoms with Gasteiger partial charge in [-0.2, -0.15) is 0 Å². The Balaban J connectivity index is 1.96. The first-order chi connectivity index (χ1) is 11.8. The van der Waals surface area contributed by atoms with Crippen LogP contribution in [0.15, 0.2) is 24.4 Å². The quantitative estimate of drug-likeness (QED) is 0.587. The summed E-state index contributed by atoms with van der Waals surface area (Å²) in [4.78, 5) is 7.78. The number of nitrogens with zero attached hydrogens (tertiary/aromatic N) is 4. The lowest BCUT2D eigenvalue weighted by molar-refractivity contribution is 0.0747. The molecule has 6 nitrogen and oxygen atoms in total. The normalized spacial score (nSPS) is 12.4. The van der Waals surface area contributed by atoms with Gasteiger partial charge in [-0.1, -0.05) is 5.21 Å². The summed E-state index contributed by atoms with van der Waals surface area (Å²) in [6.45, 7) is 5.02. The lowest BCUT2D eigenvalue weighted by Crippen LogP contribution is -2.17. The van der Waals surface area contributed by atoms with Crippen LogP contribution in [0.1, 0.15) is 25.1 Å². The number of hydrogen-bond acceptors (Lipinski definition) is 4. The average Bonchev–Trinajstić information content (AvgIpc) is 3.04. The van der Waals surface area contributed by atoms with Gasteiger partial charge in [-0.3, -0.25) is 4.98 Å². The van der Waals surface area contributed by atoms with E-state index < -0.39 is 11.4 Å². The van der Waals surface area contributed by atoms with E-state index in [1.54, 1.807) is 30.8 Å². The van der Waals surface area contributed by atoms with Crippen molar-refractivity contribution in [1.82, 2.24) is 25.0 Å². The smallest absolute Gasteiger partial charge is 0.130 e. The summed E-state index contributed by atoms with van der Waals surface area (Å²) in [5, 5.41) is 18.9. The van der Waals surface area contributed by atoms with Gasteiger partial charge in [0.2, 0.25) is 0 Å². The molecule has 0 amide bonds. The van der Waals surface area contributed by atoms with Crippen LogP contribution in [0.25, 0.3) is 33.2 Å². The topological polar surface area (TPSA) is 79.6 Å². The lowest BCUT2D eigenvalue weighted by atomic mass is 9.96. The Labute approximate surface area is 143 Å². The monoisotopic (exact) mass is 341 g/mol. The molecule has 1 aromatic carbocycles. The van der Waals surface area contributed by atoms with Crippen LogP contribution >= 0.6 is 0 Å². The van der Waals surface area contributed by atoms with Gasteiger partial charge in [-0.25, -0.2) is 9.07 Å². The number of aryl methyl sites for hydroxylation is 2. The molecule has 3 heterocycles. The fraction of sp³-hybridized carbons (Fsp3) is 0.278. The van der Waals surface area contributed by atoms with E-state index in [0.29, 0.717) is 10.9 Å². The molecule has 3 aromatic heterocycles. The van der Waals surface area contributed by atoms with Crippen molar-refractivity contribution in [3.8, 4) is 11.3 Å². The predicted octanol–water partition coefficient (Wildman–Crippen LogP) is 3.19. The number of rotatable bonds is 2. The number of aromatic nitrogens is 5. The second kappa shape index (κ2) is 5.10. The largest absolute Gasteiger partial charge is 0.386 e. The SMILES string of the molecule is C[13c]1nnn(C)[13c]1-c1cnc2c(c1)[nH]c1cc(C(C)(C)O)c(F)cc12.